The number of nitrogens with one attached hydrogen (secondary N) is 3. The Bertz CT molecular complexity index is 1380. The Morgan fingerprint density at radius 1 is 1.18 bits per heavy atom. The SMILES string of the molecule is Cc1cn2nc(C(=O)N3CCOCC3)cc2c(Nc2cc(C3CCC(OC(=O)NC45CC(C4)C5)C3)[nH]n2)n1. The highest BCUT2D eigenvalue weighted by Crippen LogP contribution is 2.57. The molecular formula is C26H32N8O4. The van der Waals surface area contributed by atoms with Crippen LogP contribution in [0.15, 0.2) is 18.3 Å². The van der Waals surface area contributed by atoms with Crippen LogP contribution in [0.25, 0.3) is 5.52 Å². The van der Waals surface area contributed by atoms with Crippen LogP contribution in [0.3, 0.4) is 0 Å². The standard InChI is InChI=1S/C26H32N8O4/c1-15-14-34-21(9-20(32-34)24(35)33-4-6-37-7-5-33)23(27-15)28-22-10-19(30-31-22)17-2-3-18(8-17)38-25(36)29-26-11-16(12-26)13-26/h9-10,14,16-18H,2-8,11-13H2,1H3,(H,29,36)(H2,27,28,30,31). The monoisotopic (exact) mass is 520 g/mol. The summed E-state index contributed by atoms with van der Waals surface area (Å²) in [4.78, 5) is 31.7. The van der Waals surface area contributed by atoms with Crippen molar-refractivity contribution in [3.05, 3.63) is 35.4 Å². The molecule has 0 radical (unpaired) electrons. The second-order valence-electron chi connectivity index (χ2n) is 11.2. The summed E-state index contributed by atoms with van der Waals surface area (Å²) in [5.74, 6) is 2.15. The Labute approximate surface area is 219 Å². The summed E-state index contributed by atoms with van der Waals surface area (Å²) in [5.41, 5.74) is 2.86. The van der Waals surface area contributed by atoms with Gasteiger partial charge in [0.2, 0.25) is 0 Å². The zero-order valence-corrected chi connectivity index (χ0v) is 21.4. The van der Waals surface area contributed by atoms with Gasteiger partial charge < -0.3 is 25.0 Å². The van der Waals surface area contributed by atoms with Gasteiger partial charge in [0, 0.05) is 42.4 Å². The highest BCUT2D eigenvalue weighted by molar-refractivity contribution is 5.94. The topological polar surface area (TPSA) is 139 Å². The van der Waals surface area contributed by atoms with Crippen LogP contribution in [0.1, 0.15) is 66.3 Å². The first-order valence-electron chi connectivity index (χ1n) is 13.5. The Balaban J connectivity index is 1.01. The number of H-pyrrole nitrogens is 1. The van der Waals surface area contributed by atoms with E-state index in [1.54, 1.807) is 21.7 Å². The summed E-state index contributed by atoms with van der Waals surface area (Å²) in [5, 5.41) is 18.5. The molecule has 200 valence electrons. The van der Waals surface area contributed by atoms with Crippen molar-refractivity contribution in [2.45, 2.75) is 63.0 Å². The number of amides is 2. The van der Waals surface area contributed by atoms with E-state index in [1.807, 2.05) is 13.0 Å². The number of ether oxygens (including phenoxy) is 2. The summed E-state index contributed by atoms with van der Waals surface area (Å²) in [7, 11) is 0. The van der Waals surface area contributed by atoms with Crippen LogP contribution in [-0.4, -0.2) is 79.6 Å². The minimum absolute atomic E-state index is 0.0328. The van der Waals surface area contributed by atoms with Crippen molar-refractivity contribution < 1.29 is 19.1 Å². The molecule has 2 bridgehead atoms. The summed E-state index contributed by atoms with van der Waals surface area (Å²) < 4.78 is 12.8. The number of aryl methyl sites for hydroxylation is 1. The van der Waals surface area contributed by atoms with Crippen molar-refractivity contribution in [1.29, 1.82) is 0 Å². The Morgan fingerprint density at radius 2 is 2.00 bits per heavy atom. The molecule has 3 aromatic heterocycles. The first-order valence-corrected chi connectivity index (χ1v) is 13.5. The van der Waals surface area contributed by atoms with Gasteiger partial charge in [-0.1, -0.05) is 0 Å². The zero-order chi connectivity index (χ0) is 25.9. The summed E-state index contributed by atoms with van der Waals surface area (Å²) in [6, 6.07) is 3.74. The molecule has 0 spiro atoms. The number of aromatic amines is 1. The number of nitrogens with zero attached hydrogens (tertiary/aromatic N) is 5. The maximum absolute atomic E-state index is 13.0. The molecule has 8 rings (SSSR count). The molecule has 12 heteroatoms. The smallest absolute Gasteiger partial charge is 0.407 e. The third-order valence-corrected chi connectivity index (χ3v) is 8.44. The van der Waals surface area contributed by atoms with E-state index in [1.165, 1.54) is 0 Å². The van der Waals surface area contributed by atoms with Crippen molar-refractivity contribution in [3.8, 4) is 0 Å². The van der Waals surface area contributed by atoms with Crippen LogP contribution in [-0.2, 0) is 9.47 Å². The average molecular weight is 521 g/mol. The fraction of sp³-hybridized carbons (Fsp3) is 0.577. The predicted molar refractivity (Wildman–Crippen MR) is 136 cm³/mol. The van der Waals surface area contributed by atoms with E-state index in [9.17, 15) is 9.59 Å². The summed E-state index contributed by atoms with van der Waals surface area (Å²) >= 11 is 0. The molecule has 3 aromatic rings. The predicted octanol–water partition coefficient (Wildman–Crippen LogP) is 2.89. The van der Waals surface area contributed by atoms with Gasteiger partial charge in [0.25, 0.3) is 5.91 Å². The first kappa shape index (κ1) is 23.4. The molecule has 4 saturated carbocycles. The van der Waals surface area contributed by atoms with Gasteiger partial charge in [-0.25, -0.2) is 14.3 Å². The van der Waals surface area contributed by atoms with E-state index < -0.39 is 0 Å². The van der Waals surface area contributed by atoms with Crippen LogP contribution in [0.2, 0.25) is 0 Å². The molecule has 4 heterocycles. The molecule has 0 aromatic carbocycles. The van der Waals surface area contributed by atoms with Crippen LogP contribution in [0.5, 0.6) is 0 Å². The number of carbonyl (C=O) groups is 2. The fourth-order valence-corrected chi connectivity index (χ4v) is 6.32. The number of alkyl carbamates (subject to hydrolysis) is 1. The van der Waals surface area contributed by atoms with Gasteiger partial charge in [-0.2, -0.15) is 10.2 Å². The number of hydrogen-bond acceptors (Lipinski definition) is 8. The highest BCUT2D eigenvalue weighted by atomic mass is 16.6. The Morgan fingerprint density at radius 3 is 2.76 bits per heavy atom. The largest absolute Gasteiger partial charge is 0.446 e. The maximum Gasteiger partial charge on any atom is 0.407 e. The van der Waals surface area contributed by atoms with Crippen molar-refractivity contribution in [1.82, 2.24) is 35.0 Å². The van der Waals surface area contributed by atoms with Gasteiger partial charge in [0.1, 0.15) is 11.6 Å². The van der Waals surface area contributed by atoms with E-state index in [2.05, 4.69) is 30.9 Å². The molecule has 2 atom stereocenters. The molecule has 4 aliphatic carbocycles. The van der Waals surface area contributed by atoms with Gasteiger partial charge in [-0.3, -0.25) is 9.89 Å². The first-order chi connectivity index (χ1) is 18.4. The van der Waals surface area contributed by atoms with Crippen molar-refractivity contribution in [2.24, 2.45) is 5.92 Å². The second kappa shape index (κ2) is 8.97. The van der Waals surface area contributed by atoms with Crippen molar-refractivity contribution in [3.63, 3.8) is 0 Å². The third-order valence-electron chi connectivity index (χ3n) is 8.44. The Hall–Kier alpha value is -3.67. The number of carbonyl (C=O) groups excluding carboxylic acids is 2. The van der Waals surface area contributed by atoms with Crippen LogP contribution in [0, 0.1) is 12.8 Å². The van der Waals surface area contributed by atoms with Gasteiger partial charge in [-0.15, -0.1) is 0 Å². The number of rotatable bonds is 6. The molecule has 1 aliphatic heterocycles. The molecule has 5 aliphatic rings. The van der Waals surface area contributed by atoms with Crippen molar-refractivity contribution >= 4 is 29.2 Å². The normalized spacial score (nSPS) is 28.0. The minimum Gasteiger partial charge on any atom is -0.446 e. The number of fused-ring (bicyclic) bond motifs is 1. The lowest BCUT2D eigenvalue weighted by atomic mass is 9.50. The summed E-state index contributed by atoms with van der Waals surface area (Å²) in [6.45, 7) is 4.08. The number of aromatic nitrogens is 5. The zero-order valence-electron chi connectivity index (χ0n) is 21.4. The average Bonchev–Trinajstić information content (AvgIpc) is 3.60. The second-order valence-corrected chi connectivity index (χ2v) is 11.2. The Kier molecular flexibility index (Phi) is 5.53. The molecule has 2 unspecified atom stereocenters. The van der Waals surface area contributed by atoms with Crippen LogP contribution in [0.4, 0.5) is 16.4 Å². The van der Waals surface area contributed by atoms with E-state index in [0.29, 0.717) is 49.1 Å². The van der Waals surface area contributed by atoms with Gasteiger partial charge >= 0.3 is 6.09 Å². The lowest BCUT2D eigenvalue weighted by Crippen LogP contribution is -2.68. The van der Waals surface area contributed by atoms with Gasteiger partial charge in [0.05, 0.1) is 25.1 Å². The number of anilines is 2. The summed E-state index contributed by atoms with van der Waals surface area (Å²) in [6.07, 6.45) is 7.29. The molecular weight excluding hydrogens is 488 g/mol. The molecule has 2 amide bonds. The van der Waals surface area contributed by atoms with E-state index in [-0.39, 0.29) is 29.6 Å². The maximum atomic E-state index is 13.0. The van der Waals surface area contributed by atoms with Crippen LogP contribution >= 0.6 is 0 Å². The van der Waals surface area contributed by atoms with Gasteiger partial charge in [0.15, 0.2) is 17.3 Å². The van der Waals surface area contributed by atoms with E-state index >= 15 is 0 Å². The molecule has 5 fully saturated rings. The quantitative estimate of drug-likeness (QED) is 0.451. The van der Waals surface area contributed by atoms with E-state index in [0.717, 1.165) is 55.8 Å². The fourth-order valence-electron chi connectivity index (χ4n) is 6.32. The molecule has 3 N–H and O–H groups in total. The van der Waals surface area contributed by atoms with Crippen molar-refractivity contribution in [2.75, 3.05) is 31.6 Å². The third kappa shape index (κ3) is 4.26. The molecule has 1 saturated heterocycles. The molecule has 12 nitrogen and oxygen atoms in total. The van der Waals surface area contributed by atoms with E-state index in [4.69, 9.17) is 9.47 Å². The lowest BCUT2D eigenvalue weighted by molar-refractivity contribution is -0.0506. The minimum atomic E-state index is -0.275. The molecule has 38 heavy (non-hydrogen) atoms. The van der Waals surface area contributed by atoms with Gasteiger partial charge in [-0.05, 0) is 51.4 Å². The van der Waals surface area contributed by atoms with Crippen LogP contribution < -0.4 is 10.6 Å². The lowest BCUT2D eigenvalue weighted by Gasteiger charge is -2.61. The highest BCUT2D eigenvalue weighted by Gasteiger charge is 2.57. The number of morpholine rings is 1. The number of hydrogen-bond donors (Lipinski definition) is 3.